The van der Waals surface area contributed by atoms with Crippen LogP contribution in [0.1, 0.15) is 70.4 Å². The molecular formula is C47H46N10O6. The molecule has 16 nitrogen and oxygen atoms in total. The smallest absolute Gasteiger partial charge is 0.264 e. The highest BCUT2D eigenvalue weighted by Crippen LogP contribution is 2.40. The lowest BCUT2D eigenvalue weighted by Crippen LogP contribution is -2.54. The van der Waals surface area contributed by atoms with Gasteiger partial charge in [-0.2, -0.15) is 0 Å². The van der Waals surface area contributed by atoms with Crippen molar-refractivity contribution < 1.29 is 28.7 Å². The van der Waals surface area contributed by atoms with Crippen LogP contribution in [0.5, 0.6) is 0 Å². The number of rotatable bonds is 15. The summed E-state index contributed by atoms with van der Waals surface area (Å²) in [4.78, 5) is 78.6. The number of nitrogens with two attached hydrogens (primary N) is 2. The quantitative estimate of drug-likeness (QED) is 0.0703. The Labute approximate surface area is 362 Å². The molecule has 5 amide bonds. The van der Waals surface area contributed by atoms with E-state index in [1.807, 2.05) is 53.1 Å². The van der Waals surface area contributed by atoms with Gasteiger partial charge in [0.25, 0.3) is 11.8 Å². The van der Waals surface area contributed by atoms with E-state index in [2.05, 4.69) is 45.2 Å². The molecule has 3 aliphatic rings. The minimum atomic E-state index is -1.04. The number of imide groups is 2. The Morgan fingerprint density at radius 3 is 2.46 bits per heavy atom. The predicted molar refractivity (Wildman–Crippen MR) is 235 cm³/mol. The second kappa shape index (κ2) is 17.2. The number of amides is 5. The fraction of sp³-hybridized carbons (Fsp3) is 0.277. The molecule has 1 unspecified atom stereocenters. The molecule has 3 aromatic carbocycles. The van der Waals surface area contributed by atoms with Crippen molar-refractivity contribution in [3.05, 3.63) is 119 Å². The number of carbonyl (C=O) groups is 5. The van der Waals surface area contributed by atoms with Gasteiger partial charge in [-0.1, -0.05) is 36.4 Å². The highest BCUT2D eigenvalue weighted by molar-refractivity contribution is 6.25. The van der Waals surface area contributed by atoms with Gasteiger partial charge in [0.15, 0.2) is 11.5 Å². The monoisotopic (exact) mass is 846 g/mol. The third-order valence-electron chi connectivity index (χ3n) is 12.0. The maximum absolute atomic E-state index is 13.3. The number of hydrogen-bond donors (Lipinski definition) is 5. The molecule has 6 aromatic rings. The number of aryl methyl sites for hydroxylation is 1. The Balaban J connectivity index is 0.787. The van der Waals surface area contributed by atoms with Crippen LogP contribution in [0.15, 0.2) is 97.2 Å². The number of aromatic nitrogens is 4. The molecule has 16 heteroatoms. The maximum atomic E-state index is 13.3. The zero-order chi connectivity index (χ0) is 43.7. The number of hydrogen-bond acceptors (Lipinski definition) is 12. The van der Waals surface area contributed by atoms with E-state index in [1.54, 1.807) is 24.4 Å². The largest absolute Gasteiger partial charge is 0.383 e. The zero-order valence-corrected chi connectivity index (χ0v) is 34.4. The summed E-state index contributed by atoms with van der Waals surface area (Å²) in [5.74, 6) is -1.35. The first kappa shape index (κ1) is 41.1. The average Bonchev–Trinajstić information content (AvgIpc) is 3.78. The molecule has 9 rings (SSSR count). The molecule has 7 N–H and O–H groups in total. The number of ether oxygens (including phenoxy) is 1. The number of imidazole rings is 1. The van der Waals surface area contributed by atoms with Gasteiger partial charge in [-0.15, -0.1) is 0 Å². The topological polar surface area (TPSA) is 230 Å². The van der Waals surface area contributed by atoms with Crippen LogP contribution in [0.2, 0.25) is 0 Å². The summed E-state index contributed by atoms with van der Waals surface area (Å²) < 4.78 is 7.72. The van der Waals surface area contributed by atoms with Gasteiger partial charge in [-0.3, -0.25) is 38.8 Å². The van der Waals surface area contributed by atoms with Crippen LogP contribution < -0.4 is 27.4 Å². The minimum Gasteiger partial charge on any atom is -0.383 e. The van der Waals surface area contributed by atoms with Crippen LogP contribution in [0.3, 0.4) is 0 Å². The Morgan fingerprint density at radius 1 is 0.889 bits per heavy atom. The number of nitrogen functional groups attached to an aromatic ring is 1. The molecule has 0 spiro atoms. The van der Waals surface area contributed by atoms with Crippen molar-refractivity contribution in [2.24, 2.45) is 5.73 Å². The first-order valence-electron chi connectivity index (χ1n) is 21.1. The van der Waals surface area contributed by atoms with Crippen LogP contribution in [0, 0.1) is 0 Å². The number of nitrogens with one attached hydrogen (secondary N) is 3. The van der Waals surface area contributed by atoms with E-state index < -0.39 is 29.7 Å². The van der Waals surface area contributed by atoms with Crippen molar-refractivity contribution >= 4 is 52.2 Å². The SMILES string of the molecule is Nc1ncccc1-c1nc2ccc(-c3cccc(CCC(=O)NCCOCCNc4cccc5c4C(=O)N(C4CCC(=O)NC4=O)C5=O)c3)nc2n1-c1ccc(C2(N)CCC2)cc1. The van der Waals surface area contributed by atoms with Crippen LogP contribution in [-0.4, -0.2) is 86.3 Å². The second-order valence-corrected chi connectivity index (χ2v) is 16.1. The van der Waals surface area contributed by atoms with E-state index in [0.29, 0.717) is 53.6 Å². The Morgan fingerprint density at radius 2 is 1.68 bits per heavy atom. The number of benzene rings is 3. The zero-order valence-electron chi connectivity index (χ0n) is 34.4. The third kappa shape index (κ3) is 8.13. The van der Waals surface area contributed by atoms with E-state index in [9.17, 15) is 24.0 Å². The molecule has 3 aromatic heterocycles. The first-order chi connectivity index (χ1) is 30.6. The number of fused-ring (bicyclic) bond motifs is 2. The predicted octanol–water partition coefficient (Wildman–Crippen LogP) is 4.65. The van der Waals surface area contributed by atoms with E-state index in [0.717, 1.165) is 52.2 Å². The van der Waals surface area contributed by atoms with Gasteiger partial charge in [0.1, 0.15) is 17.4 Å². The molecule has 5 heterocycles. The summed E-state index contributed by atoms with van der Waals surface area (Å²) in [5, 5.41) is 8.26. The fourth-order valence-electron chi connectivity index (χ4n) is 8.46. The molecule has 1 aliphatic carbocycles. The van der Waals surface area contributed by atoms with E-state index in [1.165, 1.54) is 0 Å². The van der Waals surface area contributed by atoms with E-state index in [4.69, 9.17) is 26.2 Å². The molecule has 63 heavy (non-hydrogen) atoms. The van der Waals surface area contributed by atoms with Crippen LogP contribution >= 0.6 is 0 Å². The molecule has 2 fully saturated rings. The maximum Gasteiger partial charge on any atom is 0.264 e. The molecule has 0 radical (unpaired) electrons. The van der Waals surface area contributed by atoms with Gasteiger partial charge in [-0.05, 0) is 97.8 Å². The Hall–Kier alpha value is -7.30. The molecule has 1 saturated heterocycles. The van der Waals surface area contributed by atoms with E-state index in [-0.39, 0.29) is 55.0 Å². The number of anilines is 2. The van der Waals surface area contributed by atoms with Gasteiger partial charge in [0.2, 0.25) is 17.7 Å². The summed E-state index contributed by atoms with van der Waals surface area (Å²) in [6.07, 6.45) is 5.65. The van der Waals surface area contributed by atoms with Gasteiger partial charge >= 0.3 is 0 Å². The standard InChI is InChI=1S/C47H46N10O6/c48-41-33(8-3-22-52-41)42-54-36-16-15-34(53-43(36)56(42)31-13-11-30(12-14-31)47(49)20-4-21-47)29-6-1-5-28(27-29)10-18-38(58)51-24-26-63-25-23-50-35-9-2-7-32-40(35)46(62)57(45(32)61)37-17-19-39(59)55-44(37)60/h1-3,5-9,11-16,22,27,37,50H,4,10,17-21,23-26,49H2,(H2,48,52)(H,51,58)(H,55,59,60). The van der Waals surface area contributed by atoms with E-state index >= 15 is 0 Å². The minimum absolute atomic E-state index is 0.0471. The first-order valence-corrected chi connectivity index (χ1v) is 21.1. The summed E-state index contributed by atoms with van der Waals surface area (Å²) in [6, 6.07) is 27.7. The van der Waals surface area contributed by atoms with Crippen LogP contribution in [0.25, 0.3) is 39.5 Å². The highest BCUT2D eigenvalue weighted by atomic mass is 16.5. The van der Waals surface area contributed by atoms with Crippen molar-refractivity contribution in [2.75, 3.05) is 37.4 Å². The molecule has 1 saturated carbocycles. The Bertz CT molecular complexity index is 2780. The molecular weight excluding hydrogens is 801 g/mol. The lowest BCUT2D eigenvalue weighted by Gasteiger charge is -2.38. The van der Waals surface area contributed by atoms with Crippen molar-refractivity contribution in [3.63, 3.8) is 0 Å². The number of piperidine rings is 1. The average molecular weight is 847 g/mol. The van der Waals surface area contributed by atoms with Gasteiger partial charge in [0.05, 0.1) is 35.6 Å². The molecule has 0 bridgehead atoms. The van der Waals surface area contributed by atoms with Gasteiger partial charge in [0, 0.05) is 54.6 Å². The van der Waals surface area contributed by atoms with Gasteiger partial charge < -0.3 is 26.8 Å². The molecule has 1 atom stereocenters. The van der Waals surface area contributed by atoms with Crippen molar-refractivity contribution in [2.45, 2.75) is 56.5 Å². The van der Waals surface area contributed by atoms with Crippen LogP contribution in [0.4, 0.5) is 11.5 Å². The van der Waals surface area contributed by atoms with Crippen molar-refractivity contribution in [3.8, 4) is 28.3 Å². The number of pyridine rings is 2. The van der Waals surface area contributed by atoms with Gasteiger partial charge in [-0.25, -0.2) is 15.0 Å². The molecule has 2 aliphatic heterocycles. The number of carbonyl (C=O) groups excluding carboxylic acids is 5. The summed E-state index contributed by atoms with van der Waals surface area (Å²) >= 11 is 0. The van der Waals surface area contributed by atoms with Crippen molar-refractivity contribution in [1.29, 1.82) is 0 Å². The third-order valence-corrected chi connectivity index (χ3v) is 12.0. The Kier molecular flexibility index (Phi) is 11.2. The normalized spacial score (nSPS) is 16.8. The second-order valence-electron chi connectivity index (χ2n) is 16.1. The summed E-state index contributed by atoms with van der Waals surface area (Å²) in [7, 11) is 0. The van der Waals surface area contributed by atoms with Crippen molar-refractivity contribution in [1.82, 2.24) is 35.1 Å². The highest BCUT2D eigenvalue weighted by Gasteiger charge is 2.45. The summed E-state index contributed by atoms with van der Waals surface area (Å²) in [5.41, 5.74) is 20.2. The van der Waals surface area contributed by atoms with Crippen LogP contribution in [-0.2, 0) is 31.1 Å². The molecule has 320 valence electrons. The lowest BCUT2D eigenvalue weighted by molar-refractivity contribution is -0.136. The lowest BCUT2D eigenvalue weighted by atomic mass is 9.73. The fourth-order valence-corrected chi connectivity index (χ4v) is 8.46. The number of nitrogens with zero attached hydrogens (tertiary/aromatic N) is 5. The summed E-state index contributed by atoms with van der Waals surface area (Å²) in [6.45, 7) is 1.18.